The molecule has 0 aliphatic carbocycles. The topological polar surface area (TPSA) is 76.0 Å². The highest BCUT2D eigenvalue weighted by Crippen LogP contribution is 2.27. The molecule has 0 amide bonds. The Kier molecular flexibility index (Phi) is 3.36. The Morgan fingerprint density at radius 1 is 1.56 bits per heavy atom. The number of aliphatic hydroxyl groups excluding tert-OH is 1. The molecular formula is C13H14O5. The number of methoxy groups -OCH3 is 1. The van der Waals surface area contributed by atoms with Crippen molar-refractivity contribution in [2.24, 2.45) is 0 Å². The fraction of sp³-hybridized carbons (Fsp3) is 0.308. The van der Waals surface area contributed by atoms with E-state index in [9.17, 15) is 9.90 Å². The van der Waals surface area contributed by atoms with Crippen LogP contribution in [0.5, 0.6) is 5.75 Å². The predicted molar refractivity (Wildman–Crippen MR) is 64.3 cm³/mol. The van der Waals surface area contributed by atoms with E-state index >= 15 is 0 Å². The standard InChI is InChI=1S/C13H14O5/c1-17-12(15)10-2-3-11-9(6-10)4-5-13(16,7-14)8-18-11/h2-6,14,16H,7-8H2,1H3. The molecule has 1 atom stereocenters. The predicted octanol–water partition coefficient (Wildman–Crippen LogP) is 0.602. The van der Waals surface area contributed by atoms with Crippen molar-refractivity contribution >= 4 is 12.0 Å². The van der Waals surface area contributed by atoms with Gasteiger partial charge in [0.25, 0.3) is 0 Å². The molecule has 0 bridgehead atoms. The summed E-state index contributed by atoms with van der Waals surface area (Å²) in [7, 11) is 1.31. The van der Waals surface area contributed by atoms with Crippen molar-refractivity contribution in [3.63, 3.8) is 0 Å². The molecule has 1 unspecified atom stereocenters. The quantitative estimate of drug-likeness (QED) is 0.752. The highest BCUT2D eigenvalue weighted by molar-refractivity contribution is 5.90. The maximum atomic E-state index is 11.4. The number of hydrogen-bond donors (Lipinski definition) is 2. The lowest BCUT2D eigenvalue weighted by molar-refractivity contribution is -0.00747. The number of fused-ring (bicyclic) bond motifs is 1. The van der Waals surface area contributed by atoms with Gasteiger partial charge in [0.1, 0.15) is 18.0 Å². The highest BCUT2D eigenvalue weighted by atomic mass is 16.5. The van der Waals surface area contributed by atoms with Crippen LogP contribution in [0.1, 0.15) is 15.9 Å². The van der Waals surface area contributed by atoms with Gasteiger partial charge in [-0.3, -0.25) is 0 Å². The number of rotatable bonds is 2. The molecule has 96 valence electrons. The van der Waals surface area contributed by atoms with Crippen LogP contribution in [-0.4, -0.2) is 42.1 Å². The fourth-order valence-corrected chi connectivity index (χ4v) is 1.65. The molecule has 2 N–H and O–H groups in total. The van der Waals surface area contributed by atoms with Crippen molar-refractivity contribution in [1.29, 1.82) is 0 Å². The third kappa shape index (κ3) is 2.37. The monoisotopic (exact) mass is 250 g/mol. The van der Waals surface area contributed by atoms with Crippen molar-refractivity contribution < 1.29 is 24.5 Å². The van der Waals surface area contributed by atoms with Crippen LogP contribution < -0.4 is 4.74 Å². The van der Waals surface area contributed by atoms with E-state index < -0.39 is 18.2 Å². The average Bonchev–Trinajstić information content (AvgIpc) is 2.58. The van der Waals surface area contributed by atoms with Gasteiger partial charge in [-0.15, -0.1) is 0 Å². The minimum Gasteiger partial charge on any atom is -0.490 e. The molecule has 0 radical (unpaired) electrons. The lowest BCUT2D eigenvalue weighted by Crippen LogP contribution is -2.37. The van der Waals surface area contributed by atoms with Gasteiger partial charge in [-0.25, -0.2) is 4.79 Å². The molecule has 1 aromatic carbocycles. The Balaban J connectivity index is 2.36. The van der Waals surface area contributed by atoms with Gasteiger partial charge in [-0.1, -0.05) is 6.08 Å². The zero-order chi connectivity index (χ0) is 13.2. The smallest absolute Gasteiger partial charge is 0.337 e. The van der Waals surface area contributed by atoms with Crippen molar-refractivity contribution in [2.45, 2.75) is 5.60 Å². The Hall–Kier alpha value is -1.85. The number of esters is 1. The summed E-state index contributed by atoms with van der Waals surface area (Å²) in [6.45, 7) is -0.466. The van der Waals surface area contributed by atoms with E-state index in [-0.39, 0.29) is 6.61 Å². The van der Waals surface area contributed by atoms with Crippen molar-refractivity contribution in [3.8, 4) is 5.75 Å². The van der Waals surface area contributed by atoms with Gasteiger partial charge in [0, 0.05) is 5.56 Å². The second-order valence-electron chi connectivity index (χ2n) is 4.13. The zero-order valence-electron chi connectivity index (χ0n) is 9.92. The minimum atomic E-state index is -1.40. The number of benzene rings is 1. The summed E-state index contributed by atoms with van der Waals surface area (Å²) in [6.07, 6.45) is 3.07. The normalized spacial score (nSPS) is 21.7. The van der Waals surface area contributed by atoms with Gasteiger partial charge >= 0.3 is 5.97 Å². The highest BCUT2D eigenvalue weighted by Gasteiger charge is 2.26. The SMILES string of the molecule is COC(=O)c1ccc2c(c1)C=CC(O)(CO)CO2. The number of carbonyl (C=O) groups is 1. The Bertz CT molecular complexity index is 494. The van der Waals surface area contributed by atoms with Crippen LogP contribution in [0.25, 0.3) is 6.08 Å². The molecule has 1 aliphatic rings. The van der Waals surface area contributed by atoms with Crippen LogP contribution in [0, 0.1) is 0 Å². The van der Waals surface area contributed by atoms with Crippen LogP contribution in [0.3, 0.4) is 0 Å². The molecule has 5 nitrogen and oxygen atoms in total. The minimum absolute atomic E-state index is 0.0371. The molecule has 0 spiro atoms. The first kappa shape index (κ1) is 12.6. The first-order valence-corrected chi connectivity index (χ1v) is 5.45. The van der Waals surface area contributed by atoms with Crippen molar-refractivity contribution in [3.05, 3.63) is 35.4 Å². The summed E-state index contributed by atoms with van der Waals surface area (Å²) in [4.78, 5) is 11.4. The molecule has 1 aliphatic heterocycles. The fourth-order valence-electron chi connectivity index (χ4n) is 1.65. The third-order valence-corrected chi connectivity index (χ3v) is 2.76. The summed E-state index contributed by atoms with van der Waals surface area (Å²) >= 11 is 0. The van der Waals surface area contributed by atoms with Crippen molar-refractivity contribution in [2.75, 3.05) is 20.3 Å². The third-order valence-electron chi connectivity index (χ3n) is 2.76. The lowest BCUT2D eigenvalue weighted by atomic mass is 10.0. The van der Waals surface area contributed by atoms with E-state index in [1.807, 2.05) is 0 Å². The largest absolute Gasteiger partial charge is 0.490 e. The Labute approximate surface area is 104 Å². The van der Waals surface area contributed by atoms with E-state index in [1.165, 1.54) is 13.2 Å². The van der Waals surface area contributed by atoms with Crippen LogP contribution >= 0.6 is 0 Å². The number of ether oxygens (including phenoxy) is 2. The maximum absolute atomic E-state index is 11.4. The molecule has 0 saturated carbocycles. The number of aliphatic hydroxyl groups is 2. The van der Waals surface area contributed by atoms with Gasteiger partial charge in [0.2, 0.25) is 0 Å². The summed E-state index contributed by atoms with van der Waals surface area (Å²) in [6, 6.07) is 4.83. The average molecular weight is 250 g/mol. The molecule has 2 rings (SSSR count). The number of carbonyl (C=O) groups excluding carboxylic acids is 1. The molecule has 0 saturated heterocycles. The van der Waals surface area contributed by atoms with E-state index in [1.54, 1.807) is 24.3 Å². The maximum Gasteiger partial charge on any atom is 0.337 e. The van der Waals surface area contributed by atoms with E-state index in [0.717, 1.165) is 0 Å². The number of hydrogen-bond acceptors (Lipinski definition) is 5. The molecule has 0 fully saturated rings. The van der Waals surface area contributed by atoms with Gasteiger partial charge in [0.15, 0.2) is 0 Å². The first-order chi connectivity index (χ1) is 8.58. The molecule has 0 aromatic heterocycles. The summed E-state index contributed by atoms with van der Waals surface area (Å²) in [5.41, 5.74) is -0.342. The Morgan fingerprint density at radius 2 is 2.33 bits per heavy atom. The second kappa shape index (κ2) is 4.80. The first-order valence-electron chi connectivity index (χ1n) is 5.45. The van der Waals surface area contributed by atoms with Crippen LogP contribution in [0.2, 0.25) is 0 Å². The lowest BCUT2D eigenvalue weighted by Gasteiger charge is -2.20. The van der Waals surface area contributed by atoms with Crippen LogP contribution in [0.15, 0.2) is 24.3 Å². The Morgan fingerprint density at radius 3 is 3.00 bits per heavy atom. The van der Waals surface area contributed by atoms with E-state index in [2.05, 4.69) is 4.74 Å². The van der Waals surface area contributed by atoms with Crippen LogP contribution in [0.4, 0.5) is 0 Å². The summed E-state index contributed by atoms with van der Waals surface area (Å²) in [5.74, 6) is 0.108. The van der Waals surface area contributed by atoms with E-state index in [0.29, 0.717) is 16.9 Å². The van der Waals surface area contributed by atoms with Gasteiger partial charge in [0.05, 0.1) is 19.3 Å². The van der Waals surface area contributed by atoms with Gasteiger partial charge < -0.3 is 19.7 Å². The zero-order valence-corrected chi connectivity index (χ0v) is 9.92. The van der Waals surface area contributed by atoms with Gasteiger partial charge in [-0.2, -0.15) is 0 Å². The second-order valence-corrected chi connectivity index (χ2v) is 4.13. The van der Waals surface area contributed by atoms with Crippen molar-refractivity contribution in [1.82, 2.24) is 0 Å². The van der Waals surface area contributed by atoms with E-state index in [4.69, 9.17) is 9.84 Å². The molecule has 5 heteroatoms. The van der Waals surface area contributed by atoms with Crippen LogP contribution in [-0.2, 0) is 4.74 Å². The molecule has 1 aromatic rings. The summed E-state index contributed by atoms with van der Waals surface area (Å²) < 4.78 is 10.0. The van der Waals surface area contributed by atoms with Gasteiger partial charge in [-0.05, 0) is 24.3 Å². The summed E-state index contributed by atoms with van der Waals surface area (Å²) in [5, 5.41) is 19.0. The molecule has 1 heterocycles. The molecular weight excluding hydrogens is 236 g/mol. The molecule has 18 heavy (non-hydrogen) atoms.